The van der Waals surface area contributed by atoms with Gasteiger partial charge in [-0.15, -0.1) is 0 Å². The van der Waals surface area contributed by atoms with Gasteiger partial charge in [0.05, 0.1) is 6.10 Å². The molecule has 0 aromatic heterocycles. The summed E-state index contributed by atoms with van der Waals surface area (Å²) in [6, 6.07) is 7.09. The Labute approximate surface area is 125 Å². The molecule has 2 N–H and O–H groups in total. The summed E-state index contributed by atoms with van der Waals surface area (Å²) in [6.07, 6.45) is 1.62. The number of imide groups is 1. The topological polar surface area (TPSA) is 72.6 Å². The number of amides is 2. The van der Waals surface area contributed by atoms with Crippen LogP contribution in [-0.4, -0.2) is 29.4 Å². The van der Waals surface area contributed by atoms with Crippen LogP contribution in [0, 0.1) is 0 Å². The smallest absolute Gasteiger partial charge is 0.229 e. The van der Waals surface area contributed by atoms with Crippen molar-refractivity contribution in [2.75, 3.05) is 6.54 Å². The Balaban J connectivity index is 2.00. The summed E-state index contributed by atoms with van der Waals surface area (Å²) in [4.78, 5) is 24.8. The van der Waals surface area contributed by atoms with Gasteiger partial charge in [-0.05, 0) is 38.0 Å². The molecular weight excluding hydrogens is 268 g/mol. The number of benzene rings is 1. The van der Waals surface area contributed by atoms with Gasteiger partial charge in [-0.3, -0.25) is 14.5 Å². The fourth-order valence-electron chi connectivity index (χ4n) is 2.37. The molecule has 2 amide bonds. The standard InChI is InChI=1S/C16H22N2O3/c1-11(2)21-13-8-6-12(7-9-13)14(17)10-18-15(19)4-3-5-16(18)20/h6-9,11,14H,3-5,10,17H2,1-2H3. The molecule has 1 fully saturated rings. The first-order chi connectivity index (χ1) is 9.97. The van der Waals surface area contributed by atoms with Crippen LogP contribution in [0.5, 0.6) is 5.75 Å². The third-order valence-corrected chi connectivity index (χ3v) is 3.44. The minimum atomic E-state index is -0.371. The van der Waals surface area contributed by atoms with Crippen molar-refractivity contribution >= 4 is 11.8 Å². The van der Waals surface area contributed by atoms with E-state index in [1.165, 1.54) is 4.90 Å². The lowest BCUT2D eigenvalue weighted by Gasteiger charge is -2.27. The summed E-state index contributed by atoms with van der Waals surface area (Å²) in [6.45, 7) is 4.17. The summed E-state index contributed by atoms with van der Waals surface area (Å²) < 4.78 is 5.57. The molecule has 0 spiro atoms. The maximum atomic E-state index is 11.8. The summed E-state index contributed by atoms with van der Waals surface area (Å²) in [5.41, 5.74) is 7.00. The van der Waals surface area contributed by atoms with Crippen molar-refractivity contribution in [1.82, 2.24) is 4.90 Å². The van der Waals surface area contributed by atoms with E-state index in [0.717, 1.165) is 11.3 Å². The van der Waals surface area contributed by atoms with Crippen molar-refractivity contribution in [1.29, 1.82) is 0 Å². The maximum absolute atomic E-state index is 11.8. The minimum absolute atomic E-state index is 0.119. The molecule has 114 valence electrons. The van der Waals surface area contributed by atoms with Gasteiger partial charge in [0.2, 0.25) is 11.8 Å². The Hall–Kier alpha value is -1.88. The zero-order chi connectivity index (χ0) is 15.4. The van der Waals surface area contributed by atoms with Gasteiger partial charge < -0.3 is 10.5 Å². The lowest BCUT2D eigenvalue weighted by molar-refractivity contribution is -0.148. The zero-order valence-electron chi connectivity index (χ0n) is 12.5. The highest BCUT2D eigenvalue weighted by atomic mass is 16.5. The summed E-state index contributed by atoms with van der Waals surface area (Å²) in [5, 5.41) is 0. The van der Waals surface area contributed by atoms with Crippen LogP contribution in [-0.2, 0) is 9.59 Å². The average molecular weight is 290 g/mol. The van der Waals surface area contributed by atoms with Crippen molar-refractivity contribution in [3.8, 4) is 5.75 Å². The number of likely N-dealkylation sites (tertiary alicyclic amines) is 1. The number of ether oxygens (including phenoxy) is 1. The molecular formula is C16H22N2O3. The minimum Gasteiger partial charge on any atom is -0.491 e. The highest BCUT2D eigenvalue weighted by Gasteiger charge is 2.27. The monoisotopic (exact) mass is 290 g/mol. The second-order valence-electron chi connectivity index (χ2n) is 5.59. The van der Waals surface area contributed by atoms with Crippen molar-refractivity contribution in [3.63, 3.8) is 0 Å². The van der Waals surface area contributed by atoms with Crippen molar-refractivity contribution in [3.05, 3.63) is 29.8 Å². The van der Waals surface area contributed by atoms with E-state index in [1.54, 1.807) is 0 Å². The first-order valence-corrected chi connectivity index (χ1v) is 7.32. The van der Waals surface area contributed by atoms with Gasteiger partial charge in [0, 0.05) is 25.4 Å². The van der Waals surface area contributed by atoms with Gasteiger partial charge in [0.25, 0.3) is 0 Å². The van der Waals surface area contributed by atoms with Crippen LogP contribution >= 0.6 is 0 Å². The molecule has 0 aliphatic carbocycles. The molecule has 1 aliphatic rings. The first kappa shape index (κ1) is 15.5. The van der Waals surface area contributed by atoms with Crippen LogP contribution in [0.25, 0.3) is 0 Å². The highest BCUT2D eigenvalue weighted by Crippen LogP contribution is 2.20. The normalized spacial score (nSPS) is 17.2. The fourth-order valence-corrected chi connectivity index (χ4v) is 2.37. The average Bonchev–Trinajstić information content (AvgIpc) is 2.43. The van der Waals surface area contributed by atoms with Crippen LogP contribution in [0.1, 0.15) is 44.7 Å². The zero-order valence-corrected chi connectivity index (χ0v) is 12.5. The highest BCUT2D eigenvalue weighted by molar-refractivity contribution is 5.97. The molecule has 0 radical (unpaired) electrons. The maximum Gasteiger partial charge on any atom is 0.229 e. The molecule has 1 aromatic rings. The number of hydrogen-bond acceptors (Lipinski definition) is 4. The Kier molecular flexibility index (Phi) is 4.96. The van der Waals surface area contributed by atoms with Gasteiger partial charge >= 0.3 is 0 Å². The van der Waals surface area contributed by atoms with Crippen molar-refractivity contribution < 1.29 is 14.3 Å². The van der Waals surface area contributed by atoms with Crippen LogP contribution in [0.4, 0.5) is 0 Å². The fraction of sp³-hybridized carbons (Fsp3) is 0.500. The van der Waals surface area contributed by atoms with Crippen LogP contribution < -0.4 is 10.5 Å². The third-order valence-electron chi connectivity index (χ3n) is 3.44. The molecule has 1 atom stereocenters. The molecule has 5 heteroatoms. The largest absolute Gasteiger partial charge is 0.491 e. The number of rotatable bonds is 5. The Bertz CT molecular complexity index is 495. The molecule has 1 unspecified atom stereocenters. The van der Waals surface area contributed by atoms with Crippen molar-refractivity contribution in [2.24, 2.45) is 5.73 Å². The van der Waals surface area contributed by atoms with E-state index in [2.05, 4.69) is 0 Å². The molecule has 21 heavy (non-hydrogen) atoms. The van der Waals surface area contributed by atoms with Gasteiger partial charge in [0.1, 0.15) is 5.75 Å². The van der Waals surface area contributed by atoms with E-state index in [4.69, 9.17) is 10.5 Å². The number of hydrogen-bond donors (Lipinski definition) is 1. The summed E-state index contributed by atoms with van der Waals surface area (Å²) in [7, 11) is 0. The predicted octanol–water partition coefficient (Wildman–Crippen LogP) is 2.01. The Morgan fingerprint density at radius 1 is 1.14 bits per heavy atom. The first-order valence-electron chi connectivity index (χ1n) is 7.32. The van der Waals surface area contributed by atoms with Gasteiger partial charge in [-0.1, -0.05) is 12.1 Å². The van der Waals surface area contributed by atoms with Gasteiger partial charge in [-0.25, -0.2) is 0 Å². The van der Waals surface area contributed by atoms with E-state index in [1.807, 2.05) is 38.1 Å². The van der Waals surface area contributed by atoms with E-state index >= 15 is 0 Å². The van der Waals surface area contributed by atoms with Gasteiger partial charge in [0.15, 0.2) is 0 Å². The summed E-state index contributed by atoms with van der Waals surface area (Å²) >= 11 is 0. The molecule has 0 bridgehead atoms. The Morgan fingerprint density at radius 3 is 2.24 bits per heavy atom. The quantitative estimate of drug-likeness (QED) is 0.842. The molecule has 1 aromatic carbocycles. The molecule has 0 saturated carbocycles. The molecule has 5 nitrogen and oxygen atoms in total. The number of carbonyl (C=O) groups is 2. The van der Waals surface area contributed by atoms with E-state index in [0.29, 0.717) is 19.3 Å². The van der Waals surface area contributed by atoms with Crippen LogP contribution in [0.2, 0.25) is 0 Å². The third kappa shape index (κ3) is 4.04. The van der Waals surface area contributed by atoms with Crippen LogP contribution in [0.15, 0.2) is 24.3 Å². The summed E-state index contributed by atoms with van der Waals surface area (Å²) in [5.74, 6) is 0.536. The molecule has 1 aliphatic heterocycles. The number of piperidine rings is 1. The SMILES string of the molecule is CC(C)Oc1ccc(C(N)CN2C(=O)CCCC2=O)cc1. The lowest BCUT2D eigenvalue weighted by atomic mass is 10.0. The van der Waals surface area contributed by atoms with E-state index < -0.39 is 0 Å². The van der Waals surface area contributed by atoms with E-state index in [-0.39, 0.29) is 30.5 Å². The predicted molar refractivity (Wildman–Crippen MR) is 79.7 cm³/mol. The Morgan fingerprint density at radius 2 is 1.71 bits per heavy atom. The second-order valence-corrected chi connectivity index (χ2v) is 5.59. The molecule has 1 saturated heterocycles. The van der Waals surface area contributed by atoms with Crippen molar-refractivity contribution in [2.45, 2.75) is 45.3 Å². The number of nitrogens with zero attached hydrogens (tertiary/aromatic N) is 1. The number of carbonyl (C=O) groups excluding carboxylic acids is 2. The molecule has 2 rings (SSSR count). The molecule has 1 heterocycles. The van der Waals surface area contributed by atoms with E-state index in [9.17, 15) is 9.59 Å². The lowest BCUT2D eigenvalue weighted by Crippen LogP contribution is -2.43. The number of nitrogens with two attached hydrogens (primary N) is 1. The second kappa shape index (κ2) is 6.72. The van der Waals surface area contributed by atoms with Gasteiger partial charge in [-0.2, -0.15) is 0 Å². The van der Waals surface area contributed by atoms with Crippen LogP contribution in [0.3, 0.4) is 0 Å².